The minimum atomic E-state index is 0.444. The smallest absolute Gasteiger partial charge is 0.191 e. The molecule has 21 heavy (non-hydrogen) atoms. The van der Waals surface area contributed by atoms with E-state index in [9.17, 15) is 0 Å². The summed E-state index contributed by atoms with van der Waals surface area (Å²) < 4.78 is 0. The van der Waals surface area contributed by atoms with Gasteiger partial charge in [-0.1, -0.05) is 36.4 Å². The number of benzene rings is 1. The topological polar surface area (TPSA) is 39.7 Å². The Labute approximate surface area is 128 Å². The lowest BCUT2D eigenvalue weighted by Gasteiger charge is -2.21. The van der Waals surface area contributed by atoms with Crippen LogP contribution in [0, 0.1) is 0 Å². The quantitative estimate of drug-likeness (QED) is 0.494. The molecule has 4 nitrogen and oxygen atoms in total. The van der Waals surface area contributed by atoms with E-state index in [4.69, 9.17) is 0 Å². The van der Waals surface area contributed by atoms with Gasteiger partial charge in [-0.2, -0.15) is 0 Å². The molecule has 0 radical (unpaired) electrons. The van der Waals surface area contributed by atoms with Crippen molar-refractivity contribution < 1.29 is 0 Å². The number of aliphatic imine (C=N–C) groups is 1. The van der Waals surface area contributed by atoms with Crippen molar-refractivity contribution >= 4 is 5.96 Å². The van der Waals surface area contributed by atoms with Crippen molar-refractivity contribution in [1.82, 2.24) is 15.5 Å². The Morgan fingerprint density at radius 1 is 1.43 bits per heavy atom. The highest BCUT2D eigenvalue weighted by atomic mass is 15.3. The van der Waals surface area contributed by atoms with Crippen LogP contribution in [0.1, 0.15) is 18.9 Å². The van der Waals surface area contributed by atoms with Crippen LogP contribution < -0.4 is 10.6 Å². The van der Waals surface area contributed by atoms with Gasteiger partial charge in [0.2, 0.25) is 0 Å². The molecule has 114 valence electrons. The van der Waals surface area contributed by atoms with Crippen LogP contribution in [0.15, 0.2) is 48.0 Å². The summed E-state index contributed by atoms with van der Waals surface area (Å²) in [5, 5.41) is 6.72. The average Bonchev–Trinajstić information content (AvgIpc) is 2.84. The fourth-order valence-corrected chi connectivity index (χ4v) is 2.80. The number of rotatable bonds is 5. The molecule has 0 amide bonds. The Hall–Kier alpha value is -1.81. The molecule has 1 aliphatic heterocycles. The summed E-state index contributed by atoms with van der Waals surface area (Å²) in [6, 6.07) is 11.7. The fourth-order valence-electron chi connectivity index (χ4n) is 2.80. The van der Waals surface area contributed by atoms with Gasteiger partial charge in [-0.25, -0.2) is 0 Å². The molecule has 2 rings (SSSR count). The largest absolute Gasteiger partial charge is 0.353 e. The van der Waals surface area contributed by atoms with Crippen molar-refractivity contribution in [2.24, 2.45) is 4.99 Å². The van der Waals surface area contributed by atoms with E-state index in [-0.39, 0.29) is 0 Å². The number of hydrogen-bond acceptors (Lipinski definition) is 2. The third-order valence-electron chi connectivity index (χ3n) is 3.91. The predicted molar refractivity (Wildman–Crippen MR) is 89.4 cm³/mol. The molecule has 1 aromatic carbocycles. The van der Waals surface area contributed by atoms with E-state index in [1.165, 1.54) is 5.56 Å². The lowest BCUT2D eigenvalue weighted by molar-refractivity contribution is 0.258. The maximum absolute atomic E-state index is 4.25. The third-order valence-corrected chi connectivity index (χ3v) is 3.91. The summed E-state index contributed by atoms with van der Waals surface area (Å²) in [5.41, 5.74) is 1.37. The second-order valence-electron chi connectivity index (χ2n) is 5.58. The first-order chi connectivity index (χ1) is 10.2. The van der Waals surface area contributed by atoms with Crippen molar-refractivity contribution in [3.8, 4) is 0 Å². The van der Waals surface area contributed by atoms with Gasteiger partial charge in [0.25, 0.3) is 0 Å². The minimum Gasteiger partial charge on any atom is -0.353 e. The van der Waals surface area contributed by atoms with Crippen LogP contribution in [-0.4, -0.2) is 43.1 Å². The molecular weight excluding hydrogens is 260 g/mol. The summed E-state index contributed by atoms with van der Waals surface area (Å²) in [4.78, 5) is 6.77. The van der Waals surface area contributed by atoms with Gasteiger partial charge in [0, 0.05) is 38.8 Å². The number of likely N-dealkylation sites (tertiary alicyclic amines) is 1. The van der Waals surface area contributed by atoms with Gasteiger partial charge in [0.1, 0.15) is 0 Å². The lowest BCUT2D eigenvalue weighted by atomic mass is 10.2. The van der Waals surface area contributed by atoms with E-state index in [0.29, 0.717) is 12.1 Å². The molecule has 4 heteroatoms. The van der Waals surface area contributed by atoms with Crippen molar-refractivity contribution in [1.29, 1.82) is 0 Å². The summed E-state index contributed by atoms with van der Waals surface area (Å²) >= 11 is 0. The average molecular weight is 286 g/mol. The Morgan fingerprint density at radius 3 is 2.86 bits per heavy atom. The monoisotopic (exact) mass is 286 g/mol. The van der Waals surface area contributed by atoms with Gasteiger partial charge in [-0.3, -0.25) is 9.89 Å². The lowest BCUT2D eigenvalue weighted by Crippen LogP contribution is -2.44. The van der Waals surface area contributed by atoms with E-state index >= 15 is 0 Å². The number of nitrogens with zero attached hydrogens (tertiary/aromatic N) is 2. The molecule has 0 saturated carbocycles. The zero-order valence-electron chi connectivity index (χ0n) is 13.0. The molecule has 1 aliphatic rings. The predicted octanol–water partition coefficient (Wildman–Crippen LogP) is 2.00. The maximum atomic E-state index is 4.25. The Bertz CT molecular complexity index is 469. The summed E-state index contributed by atoms with van der Waals surface area (Å²) in [6.07, 6.45) is 2.98. The van der Waals surface area contributed by atoms with Gasteiger partial charge < -0.3 is 10.6 Å². The molecule has 1 heterocycles. The number of nitrogens with one attached hydrogen (secondary N) is 2. The second kappa shape index (κ2) is 7.84. The van der Waals surface area contributed by atoms with Crippen LogP contribution in [0.3, 0.4) is 0 Å². The second-order valence-corrected chi connectivity index (χ2v) is 5.58. The molecule has 0 spiro atoms. The standard InChI is InChI=1S/C17H26N4/c1-4-10-19-17(18-3)20-16-11-14(2)21(13-16)12-15-8-6-5-7-9-15/h4-9,14,16H,1,10-13H2,2-3H3,(H2,18,19,20). The number of guanidine groups is 1. The van der Waals surface area contributed by atoms with Crippen molar-refractivity contribution in [2.45, 2.75) is 32.0 Å². The Balaban J connectivity index is 1.87. The molecule has 0 aromatic heterocycles. The Morgan fingerprint density at radius 2 is 2.19 bits per heavy atom. The molecule has 0 bridgehead atoms. The molecule has 1 aromatic rings. The zero-order chi connectivity index (χ0) is 15.1. The highest BCUT2D eigenvalue weighted by Gasteiger charge is 2.29. The summed E-state index contributed by atoms with van der Waals surface area (Å²) in [5.74, 6) is 0.855. The summed E-state index contributed by atoms with van der Waals surface area (Å²) in [7, 11) is 1.80. The highest BCUT2D eigenvalue weighted by Crippen LogP contribution is 2.20. The molecule has 2 atom stereocenters. The van der Waals surface area contributed by atoms with Gasteiger partial charge in [0.05, 0.1) is 0 Å². The van der Waals surface area contributed by atoms with E-state index in [0.717, 1.165) is 32.0 Å². The molecule has 2 unspecified atom stereocenters. The molecule has 0 aliphatic carbocycles. The fraction of sp³-hybridized carbons (Fsp3) is 0.471. The van der Waals surface area contributed by atoms with E-state index in [1.54, 1.807) is 7.05 Å². The van der Waals surface area contributed by atoms with Crippen molar-refractivity contribution in [3.05, 3.63) is 48.6 Å². The van der Waals surface area contributed by atoms with E-state index in [1.807, 2.05) is 6.08 Å². The van der Waals surface area contributed by atoms with Crippen LogP contribution in [0.4, 0.5) is 0 Å². The zero-order valence-corrected chi connectivity index (χ0v) is 13.0. The number of hydrogen-bond donors (Lipinski definition) is 2. The molecular formula is C17H26N4. The van der Waals surface area contributed by atoms with Crippen molar-refractivity contribution in [3.63, 3.8) is 0 Å². The van der Waals surface area contributed by atoms with Gasteiger partial charge in [-0.05, 0) is 18.9 Å². The SMILES string of the molecule is C=CCNC(=NC)NC1CC(C)N(Cc2ccccc2)C1. The van der Waals surface area contributed by atoms with Crippen LogP contribution in [0.2, 0.25) is 0 Å². The van der Waals surface area contributed by atoms with Crippen LogP contribution in [-0.2, 0) is 6.54 Å². The first-order valence-electron chi connectivity index (χ1n) is 7.59. The molecule has 2 N–H and O–H groups in total. The molecule has 1 fully saturated rings. The Kier molecular flexibility index (Phi) is 5.81. The third kappa shape index (κ3) is 4.60. The highest BCUT2D eigenvalue weighted by molar-refractivity contribution is 5.80. The first-order valence-corrected chi connectivity index (χ1v) is 7.59. The van der Waals surface area contributed by atoms with E-state index < -0.39 is 0 Å². The minimum absolute atomic E-state index is 0.444. The van der Waals surface area contributed by atoms with E-state index in [2.05, 4.69) is 64.4 Å². The van der Waals surface area contributed by atoms with Crippen molar-refractivity contribution in [2.75, 3.05) is 20.1 Å². The first kappa shape index (κ1) is 15.6. The maximum Gasteiger partial charge on any atom is 0.191 e. The summed E-state index contributed by atoms with van der Waals surface area (Å²) in [6.45, 7) is 8.80. The molecule has 1 saturated heterocycles. The van der Waals surface area contributed by atoms with Crippen LogP contribution >= 0.6 is 0 Å². The van der Waals surface area contributed by atoms with Gasteiger partial charge >= 0.3 is 0 Å². The van der Waals surface area contributed by atoms with Crippen LogP contribution in [0.5, 0.6) is 0 Å². The normalized spacial score (nSPS) is 23.0. The van der Waals surface area contributed by atoms with Gasteiger partial charge in [0.15, 0.2) is 5.96 Å². The van der Waals surface area contributed by atoms with Gasteiger partial charge in [-0.15, -0.1) is 6.58 Å². The van der Waals surface area contributed by atoms with Crippen LogP contribution in [0.25, 0.3) is 0 Å².